The van der Waals surface area contributed by atoms with E-state index in [1.165, 1.54) is 13.2 Å². The normalized spacial score (nSPS) is 13.6. The first kappa shape index (κ1) is 17.9. The maximum absolute atomic E-state index is 12.8. The van der Waals surface area contributed by atoms with E-state index in [4.69, 9.17) is 4.74 Å². The molecule has 0 fully saturated rings. The smallest absolute Gasteiger partial charge is 0.437 e. The summed E-state index contributed by atoms with van der Waals surface area (Å²) in [5.74, 6) is -2.16. The highest BCUT2D eigenvalue weighted by Gasteiger charge is 2.40. The van der Waals surface area contributed by atoms with Gasteiger partial charge in [-0.05, 0) is 30.2 Å². The summed E-state index contributed by atoms with van der Waals surface area (Å²) < 4.78 is 47.8. The van der Waals surface area contributed by atoms with Crippen LogP contribution in [0, 0.1) is 0 Å². The van der Waals surface area contributed by atoms with E-state index >= 15 is 0 Å². The number of anilines is 2. The number of hydrogen-bond donors (Lipinski definition) is 1. The molecular formula is C16H14F3N3O4. The Kier molecular flexibility index (Phi) is 4.68. The molecule has 2 heterocycles. The summed E-state index contributed by atoms with van der Waals surface area (Å²) in [6, 6.07) is 4.73. The number of hydrogen-bond acceptors (Lipinski definition) is 5. The second-order valence-corrected chi connectivity index (χ2v) is 5.55. The summed E-state index contributed by atoms with van der Waals surface area (Å²) in [4.78, 5) is 28.6. The van der Waals surface area contributed by atoms with Crippen molar-refractivity contribution < 1.29 is 31.9 Å². The highest BCUT2D eigenvalue weighted by Crippen LogP contribution is 2.33. The Labute approximate surface area is 145 Å². The zero-order chi connectivity index (χ0) is 18.9. The van der Waals surface area contributed by atoms with E-state index in [-0.39, 0.29) is 12.5 Å². The van der Waals surface area contributed by atoms with Crippen molar-refractivity contribution >= 4 is 23.2 Å². The molecule has 1 aromatic heterocycles. The van der Waals surface area contributed by atoms with Gasteiger partial charge in [0.05, 0.1) is 0 Å². The number of alkyl halides is 3. The minimum atomic E-state index is -4.79. The van der Waals surface area contributed by atoms with Crippen LogP contribution in [0.4, 0.5) is 24.5 Å². The summed E-state index contributed by atoms with van der Waals surface area (Å²) >= 11 is 0. The Morgan fingerprint density at radius 1 is 1.38 bits per heavy atom. The van der Waals surface area contributed by atoms with Crippen LogP contribution in [0.3, 0.4) is 0 Å². The number of aromatic nitrogens is 1. The third-order valence-electron chi connectivity index (χ3n) is 3.84. The van der Waals surface area contributed by atoms with E-state index < -0.39 is 23.5 Å². The quantitative estimate of drug-likeness (QED) is 0.895. The summed E-state index contributed by atoms with van der Waals surface area (Å²) in [5.41, 5.74) is 0.383. The number of methoxy groups -OCH3 is 1. The molecule has 0 atom stereocenters. The molecule has 10 heteroatoms. The second kappa shape index (κ2) is 6.79. The van der Waals surface area contributed by atoms with Crippen molar-refractivity contribution in [3.8, 4) is 0 Å². The maximum atomic E-state index is 12.8. The number of oxazole rings is 1. The Hall–Kier alpha value is -2.88. The molecular weight excluding hydrogens is 355 g/mol. The molecule has 26 heavy (non-hydrogen) atoms. The molecule has 0 radical (unpaired) electrons. The van der Waals surface area contributed by atoms with Gasteiger partial charge in [-0.25, -0.2) is 4.98 Å². The van der Waals surface area contributed by atoms with Crippen LogP contribution in [-0.2, 0) is 22.1 Å². The number of ether oxygens (including phenoxy) is 1. The van der Waals surface area contributed by atoms with Gasteiger partial charge in [-0.3, -0.25) is 9.59 Å². The lowest BCUT2D eigenvalue weighted by Gasteiger charge is -2.17. The highest BCUT2D eigenvalue weighted by atomic mass is 19.4. The van der Waals surface area contributed by atoms with Crippen molar-refractivity contribution in [1.82, 2.24) is 4.98 Å². The average Bonchev–Trinajstić information content (AvgIpc) is 3.21. The number of carbonyl (C=O) groups excluding carboxylic acids is 2. The second-order valence-electron chi connectivity index (χ2n) is 5.55. The zero-order valence-corrected chi connectivity index (χ0v) is 13.6. The molecule has 138 valence electrons. The number of nitrogens with zero attached hydrogens (tertiary/aromatic N) is 2. The molecule has 3 rings (SSSR count). The van der Waals surface area contributed by atoms with Gasteiger partial charge in [-0.15, -0.1) is 0 Å². The van der Waals surface area contributed by atoms with Crippen LogP contribution in [0.2, 0.25) is 0 Å². The molecule has 0 saturated carbocycles. The minimum Gasteiger partial charge on any atom is -0.438 e. The van der Waals surface area contributed by atoms with Crippen LogP contribution >= 0.6 is 0 Å². The standard InChI is InChI=1S/C16H14F3N3O4/c1-25-7-12(23)22-5-4-9-6-10(2-3-11(9)22)21-15(24)13-14(16(17,18)19)20-8-26-13/h2-3,6,8H,4-5,7H2,1H3,(H,21,24). The Bertz CT molecular complexity index is 848. The van der Waals surface area contributed by atoms with Gasteiger partial charge in [0.25, 0.3) is 11.8 Å². The molecule has 7 nitrogen and oxygen atoms in total. The maximum Gasteiger partial charge on any atom is 0.437 e. The van der Waals surface area contributed by atoms with Gasteiger partial charge in [-0.1, -0.05) is 0 Å². The minimum absolute atomic E-state index is 0.0519. The van der Waals surface area contributed by atoms with Gasteiger partial charge in [0.15, 0.2) is 12.1 Å². The van der Waals surface area contributed by atoms with Crippen molar-refractivity contribution in [2.24, 2.45) is 0 Å². The predicted molar refractivity (Wildman–Crippen MR) is 83.8 cm³/mol. The van der Waals surface area contributed by atoms with E-state index in [1.54, 1.807) is 17.0 Å². The largest absolute Gasteiger partial charge is 0.438 e. The fourth-order valence-electron chi connectivity index (χ4n) is 2.74. The first-order valence-electron chi connectivity index (χ1n) is 7.55. The number of amides is 2. The Morgan fingerprint density at radius 2 is 2.15 bits per heavy atom. The van der Waals surface area contributed by atoms with E-state index in [1.807, 2.05) is 0 Å². The third-order valence-corrected chi connectivity index (χ3v) is 3.84. The van der Waals surface area contributed by atoms with Crippen molar-refractivity contribution in [2.75, 3.05) is 30.5 Å². The average molecular weight is 369 g/mol. The first-order chi connectivity index (χ1) is 12.3. The van der Waals surface area contributed by atoms with Crippen molar-refractivity contribution in [2.45, 2.75) is 12.6 Å². The first-order valence-corrected chi connectivity index (χ1v) is 7.55. The molecule has 1 aliphatic rings. The van der Waals surface area contributed by atoms with Gasteiger partial charge < -0.3 is 19.4 Å². The fourth-order valence-corrected chi connectivity index (χ4v) is 2.74. The molecule has 1 aliphatic heterocycles. The lowest BCUT2D eigenvalue weighted by Crippen LogP contribution is -2.31. The number of halogens is 3. The number of benzene rings is 1. The summed E-state index contributed by atoms with van der Waals surface area (Å²) in [6.45, 7) is 0.416. The predicted octanol–water partition coefficient (Wildman–Crippen LogP) is 2.48. The molecule has 1 N–H and O–H groups in total. The lowest BCUT2D eigenvalue weighted by molar-refractivity contribution is -0.141. The molecule has 2 aromatic rings. The van der Waals surface area contributed by atoms with Gasteiger partial charge in [-0.2, -0.15) is 13.2 Å². The number of carbonyl (C=O) groups is 2. The molecule has 0 aliphatic carbocycles. The van der Waals surface area contributed by atoms with Crippen LogP contribution < -0.4 is 10.2 Å². The van der Waals surface area contributed by atoms with Crippen LogP contribution in [0.25, 0.3) is 0 Å². The van der Waals surface area contributed by atoms with E-state index in [0.29, 0.717) is 30.7 Å². The molecule has 0 saturated heterocycles. The molecule has 2 amide bonds. The number of rotatable bonds is 4. The van der Waals surface area contributed by atoms with Gasteiger partial charge in [0.1, 0.15) is 6.61 Å². The van der Waals surface area contributed by atoms with E-state index in [2.05, 4.69) is 14.7 Å². The highest BCUT2D eigenvalue weighted by molar-refractivity contribution is 6.03. The van der Waals surface area contributed by atoms with Crippen LogP contribution in [0.1, 0.15) is 21.8 Å². The van der Waals surface area contributed by atoms with Gasteiger partial charge in [0, 0.05) is 25.0 Å². The fraction of sp³-hybridized carbons (Fsp3) is 0.312. The van der Waals surface area contributed by atoms with E-state index in [9.17, 15) is 22.8 Å². The summed E-state index contributed by atoms with van der Waals surface area (Å²) in [5, 5.41) is 2.35. The van der Waals surface area contributed by atoms with Crippen LogP contribution in [0.15, 0.2) is 29.0 Å². The zero-order valence-electron chi connectivity index (χ0n) is 13.6. The molecule has 0 unspecified atom stereocenters. The van der Waals surface area contributed by atoms with Crippen molar-refractivity contribution in [3.63, 3.8) is 0 Å². The topological polar surface area (TPSA) is 84.7 Å². The Balaban J connectivity index is 1.78. The monoisotopic (exact) mass is 369 g/mol. The van der Waals surface area contributed by atoms with Crippen molar-refractivity contribution in [1.29, 1.82) is 0 Å². The van der Waals surface area contributed by atoms with Crippen LogP contribution in [-0.4, -0.2) is 37.1 Å². The molecule has 0 spiro atoms. The van der Waals surface area contributed by atoms with Crippen molar-refractivity contribution in [3.05, 3.63) is 41.6 Å². The van der Waals surface area contributed by atoms with Gasteiger partial charge >= 0.3 is 6.18 Å². The van der Waals surface area contributed by atoms with Gasteiger partial charge in [0.2, 0.25) is 5.76 Å². The van der Waals surface area contributed by atoms with Crippen LogP contribution in [0.5, 0.6) is 0 Å². The number of fused-ring (bicyclic) bond motifs is 1. The van der Waals surface area contributed by atoms with E-state index in [0.717, 1.165) is 5.56 Å². The Morgan fingerprint density at radius 3 is 2.85 bits per heavy atom. The number of nitrogens with one attached hydrogen (secondary N) is 1. The SMILES string of the molecule is COCC(=O)N1CCc2cc(NC(=O)c3ocnc3C(F)(F)F)ccc21. The third kappa shape index (κ3) is 3.40. The summed E-state index contributed by atoms with van der Waals surface area (Å²) in [6.07, 6.45) is -3.66. The summed E-state index contributed by atoms with van der Waals surface area (Å²) in [7, 11) is 1.42. The lowest BCUT2D eigenvalue weighted by atomic mass is 10.1. The molecule has 0 bridgehead atoms. The molecule has 1 aromatic carbocycles.